The third kappa shape index (κ3) is 4.05. The quantitative estimate of drug-likeness (QED) is 0.883. The molecule has 0 radical (unpaired) electrons. The van der Waals surface area contributed by atoms with Crippen molar-refractivity contribution < 1.29 is 18.3 Å². The molecule has 1 aliphatic rings. The Morgan fingerprint density at radius 3 is 2.48 bits per heavy atom. The second-order valence-electron chi connectivity index (χ2n) is 5.97. The van der Waals surface area contributed by atoms with Crippen molar-refractivity contribution in [2.24, 2.45) is 0 Å². The molecular formula is C18H20F2N2O2S. The number of nitrogens with zero attached hydrogens (tertiary/aromatic N) is 1. The van der Waals surface area contributed by atoms with Crippen LogP contribution in [0.25, 0.3) is 0 Å². The number of carbonyl (C=O) groups is 1. The predicted molar refractivity (Wildman–Crippen MR) is 92.7 cm³/mol. The molecule has 0 unspecified atom stereocenters. The van der Waals surface area contributed by atoms with Crippen LogP contribution in [0, 0.1) is 11.6 Å². The van der Waals surface area contributed by atoms with Crippen molar-refractivity contribution in [2.45, 2.75) is 19.0 Å². The number of ether oxygens (including phenoxy) is 1. The highest BCUT2D eigenvalue weighted by Crippen LogP contribution is 2.29. The van der Waals surface area contributed by atoms with E-state index in [1.165, 1.54) is 6.07 Å². The van der Waals surface area contributed by atoms with Gasteiger partial charge in [-0.25, -0.2) is 8.78 Å². The first-order chi connectivity index (χ1) is 12.1. The normalized spacial score (nSPS) is 17.9. The van der Waals surface area contributed by atoms with Crippen LogP contribution >= 0.6 is 11.3 Å². The maximum absolute atomic E-state index is 13.9. The fourth-order valence-corrected chi connectivity index (χ4v) is 4.09. The van der Waals surface area contributed by atoms with Crippen molar-refractivity contribution in [3.8, 4) is 0 Å². The van der Waals surface area contributed by atoms with E-state index in [9.17, 15) is 13.6 Å². The van der Waals surface area contributed by atoms with Crippen LogP contribution in [0.4, 0.5) is 8.78 Å². The predicted octanol–water partition coefficient (Wildman–Crippen LogP) is 3.22. The standard InChI is InChI=1S/C18H20F2N2O2S/c1-12(21-18(23)16-13(19)4-2-5-14(16)20)17(15-6-3-11-25-15)22-7-9-24-10-8-22/h2-6,11-12,17H,7-10H2,1H3,(H,21,23)/t12-,17+/m0/s1. The van der Waals surface area contributed by atoms with Crippen molar-refractivity contribution in [2.75, 3.05) is 26.3 Å². The summed E-state index contributed by atoms with van der Waals surface area (Å²) in [4.78, 5) is 15.8. The van der Waals surface area contributed by atoms with Gasteiger partial charge in [-0.1, -0.05) is 12.1 Å². The topological polar surface area (TPSA) is 41.6 Å². The van der Waals surface area contributed by atoms with Crippen LogP contribution in [-0.4, -0.2) is 43.2 Å². The molecular weight excluding hydrogens is 346 g/mol. The van der Waals surface area contributed by atoms with Crippen LogP contribution in [0.15, 0.2) is 35.7 Å². The van der Waals surface area contributed by atoms with Gasteiger partial charge in [0.25, 0.3) is 5.91 Å². The fourth-order valence-electron chi connectivity index (χ4n) is 3.13. The van der Waals surface area contributed by atoms with E-state index in [-0.39, 0.29) is 12.1 Å². The molecule has 1 aromatic heterocycles. The Bertz CT molecular complexity index is 698. The van der Waals surface area contributed by atoms with E-state index in [1.54, 1.807) is 11.3 Å². The number of benzene rings is 1. The van der Waals surface area contributed by atoms with Crippen LogP contribution in [0.1, 0.15) is 28.2 Å². The smallest absolute Gasteiger partial charge is 0.257 e. The van der Waals surface area contributed by atoms with Gasteiger partial charge in [-0.05, 0) is 30.5 Å². The number of halogens is 2. The Balaban J connectivity index is 1.80. The van der Waals surface area contributed by atoms with Crippen LogP contribution in [0.3, 0.4) is 0 Å². The Hall–Kier alpha value is -1.83. The molecule has 3 rings (SSSR count). The molecule has 1 N–H and O–H groups in total. The summed E-state index contributed by atoms with van der Waals surface area (Å²) in [6.07, 6.45) is 0. The molecule has 2 aromatic rings. The van der Waals surface area contributed by atoms with E-state index < -0.39 is 23.1 Å². The number of carbonyl (C=O) groups excluding carboxylic acids is 1. The number of hydrogen-bond donors (Lipinski definition) is 1. The molecule has 4 nitrogen and oxygen atoms in total. The first kappa shape index (κ1) is 18.0. The summed E-state index contributed by atoms with van der Waals surface area (Å²) >= 11 is 1.60. The molecule has 0 bridgehead atoms. The van der Waals surface area contributed by atoms with Crippen molar-refractivity contribution in [1.82, 2.24) is 10.2 Å². The number of morpholine rings is 1. The molecule has 0 saturated carbocycles. The van der Waals surface area contributed by atoms with Crippen molar-refractivity contribution in [3.63, 3.8) is 0 Å². The highest BCUT2D eigenvalue weighted by atomic mass is 32.1. The highest BCUT2D eigenvalue weighted by molar-refractivity contribution is 7.10. The molecule has 25 heavy (non-hydrogen) atoms. The summed E-state index contributed by atoms with van der Waals surface area (Å²) in [6.45, 7) is 4.61. The van der Waals surface area contributed by atoms with Gasteiger partial charge < -0.3 is 10.1 Å². The zero-order valence-corrected chi connectivity index (χ0v) is 14.7. The van der Waals surface area contributed by atoms with Crippen molar-refractivity contribution in [3.05, 3.63) is 57.8 Å². The summed E-state index contributed by atoms with van der Waals surface area (Å²) < 4.78 is 33.1. The first-order valence-corrected chi connectivity index (χ1v) is 9.06. The molecule has 2 heterocycles. The third-order valence-corrected chi connectivity index (χ3v) is 5.24. The SMILES string of the molecule is C[C@H](NC(=O)c1c(F)cccc1F)[C@H](c1cccs1)N1CCOCC1. The van der Waals surface area contributed by atoms with Gasteiger partial charge in [-0.15, -0.1) is 11.3 Å². The van der Waals surface area contributed by atoms with Gasteiger partial charge in [0.15, 0.2) is 0 Å². The maximum Gasteiger partial charge on any atom is 0.257 e. The lowest BCUT2D eigenvalue weighted by Gasteiger charge is -2.37. The van der Waals surface area contributed by atoms with Gasteiger partial charge >= 0.3 is 0 Å². The first-order valence-electron chi connectivity index (χ1n) is 8.18. The zero-order valence-electron chi connectivity index (χ0n) is 13.9. The zero-order chi connectivity index (χ0) is 17.8. The minimum absolute atomic E-state index is 0.0670. The van der Waals surface area contributed by atoms with E-state index in [1.807, 2.05) is 24.4 Å². The van der Waals surface area contributed by atoms with Gasteiger partial charge in [-0.2, -0.15) is 0 Å². The van der Waals surface area contributed by atoms with Crippen LogP contribution in [0.2, 0.25) is 0 Å². The lowest BCUT2D eigenvalue weighted by molar-refractivity contribution is 0.00967. The molecule has 1 fully saturated rings. The summed E-state index contributed by atoms with van der Waals surface area (Å²) in [5.74, 6) is -2.45. The van der Waals surface area contributed by atoms with Crippen LogP contribution in [-0.2, 0) is 4.74 Å². The average Bonchev–Trinajstić information content (AvgIpc) is 3.10. The largest absolute Gasteiger partial charge is 0.379 e. The fraction of sp³-hybridized carbons (Fsp3) is 0.389. The van der Waals surface area contributed by atoms with Crippen LogP contribution < -0.4 is 5.32 Å². The lowest BCUT2D eigenvalue weighted by Crippen LogP contribution is -2.48. The molecule has 7 heteroatoms. The number of rotatable bonds is 5. The van der Waals surface area contributed by atoms with Gasteiger partial charge in [-0.3, -0.25) is 9.69 Å². The molecule has 2 atom stereocenters. The molecule has 0 spiro atoms. The summed E-state index contributed by atoms with van der Waals surface area (Å²) in [5.41, 5.74) is -0.541. The Morgan fingerprint density at radius 2 is 1.88 bits per heavy atom. The lowest BCUT2D eigenvalue weighted by atomic mass is 10.0. The van der Waals surface area contributed by atoms with Gasteiger partial charge in [0.1, 0.15) is 17.2 Å². The number of hydrogen-bond acceptors (Lipinski definition) is 4. The Morgan fingerprint density at radius 1 is 1.20 bits per heavy atom. The maximum atomic E-state index is 13.9. The minimum atomic E-state index is -0.858. The highest BCUT2D eigenvalue weighted by Gasteiger charge is 2.30. The summed E-state index contributed by atoms with van der Waals surface area (Å²) in [7, 11) is 0. The van der Waals surface area contributed by atoms with Crippen molar-refractivity contribution >= 4 is 17.2 Å². The van der Waals surface area contributed by atoms with Gasteiger partial charge in [0.05, 0.1) is 19.3 Å². The molecule has 1 aromatic carbocycles. The number of amides is 1. The number of nitrogens with one attached hydrogen (secondary N) is 1. The average molecular weight is 366 g/mol. The second kappa shape index (κ2) is 8.03. The Kier molecular flexibility index (Phi) is 5.78. The van der Waals surface area contributed by atoms with Crippen LogP contribution in [0.5, 0.6) is 0 Å². The van der Waals surface area contributed by atoms with E-state index >= 15 is 0 Å². The third-order valence-electron chi connectivity index (χ3n) is 4.30. The van der Waals surface area contributed by atoms with Crippen molar-refractivity contribution in [1.29, 1.82) is 0 Å². The molecule has 1 amide bonds. The van der Waals surface area contributed by atoms with E-state index in [4.69, 9.17) is 4.74 Å². The summed E-state index contributed by atoms with van der Waals surface area (Å²) in [5, 5.41) is 4.75. The Labute approximate surface area is 149 Å². The second-order valence-corrected chi connectivity index (χ2v) is 6.95. The van der Waals surface area contributed by atoms with Gasteiger partial charge in [0.2, 0.25) is 0 Å². The molecule has 0 aliphatic carbocycles. The number of thiophene rings is 1. The molecule has 1 saturated heterocycles. The molecule has 134 valence electrons. The summed E-state index contributed by atoms with van der Waals surface area (Å²) in [6, 6.07) is 7.00. The van der Waals surface area contributed by atoms with E-state index in [0.29, 0.717) is 13.2 Å². The monoisotopic (exact) mass is 366 g/mol. The van der Waals surface area contributed by atoms with Gasteiger partial charge in [0, 0.05) is 24.0 Å². The molecule has 1 aliphatic heterocycles. The van der Waals surface area contributed by atoms with E-state index in [2.05, 4.69) is 10.2 Å². The minimum Gasteiger partial charge on any atom is -0.379 e. The van der Waals surface area contributed by atoms with E-state index in [0.717, 1.165) is 30.1 Å².